The van der Waals surface area contributed by atoms with E-state index in [0.29, 0.717) is 11.4 Å². The van der Waals surface area contributed by atoms with Gasteiger partial charge in [0, 0.05) is 5.69 Å². The maximum absolute atomic E-state index is 12.8. The van der Waals surface area contributed by atoms with E-state index in [4.69, 9.17) is 0 Å². The van der Waals surface area contributed by atoms with Crippen molar-refractivity contribution in [3.8, 4) is 11.5 Å². The Bertz CT molecular complexity index is 789. The van der Waals surface area contributed by atoms with E-state index in [2.05, 4.69) is 46.9 Å². The average molecular weight is 370 g/mol. The van der Waals surface area contributed by atoms with Gasteiger partial charge in [-0.25, -0.2) is 0 Å². The van der Waals surface area contributed by atoms with Gasteiger partial charge in [-0.3, -0.25) is 4.79 Å². The molecule has 1 amide bonds. The predicted molar refractivity (Wildman–Crippen MR) is 111 cm³/mol. The molecule has 2 aromatic carbocycles. The van der Waals surface area contributed by atoms with Crippen molar-refractivity contribution in [2.75, 3.05) is 5.32 Å². The molecule has 4 heteroatoms. The average Bonchev–Trinajstić information content (AvgIpc) is 2.54. The fourth-order valence-corrected chi connectivity index (χ4v) is 3.00. The third kappa shape index (κ3) is 4.82. The minimum absolute atomic E-state index is 0.133. The molecular weight excluding hydrogens is 338 g/mol. The Kier molecular flexibility index (Phi) is 5.60. The molecule has 0 saturated heterocycles. The Labute approximate surface area is 162 Å². The first kappa shape index (κ1) is 20.8. The minimum Gasteiger partial charge on any atom is -0.508 e. The molecule has 1 atom stereocenters. The number of phenols is 2. The molecule has 0 radical (unpaired) electrons. The number of benzene rings is 2. The summed E-state index contributed by atoms with van der Waals surface area (Å²) in [6.45, 7) is 14.2. The Balaban J connectivity index is 2.43. The van der Waals surface area contributed by atoms with E-state index in [1.807, 2.05) is 19.1 Å². The molecule has 1 unspecified atom stereocenters. The second kappa shape index (κ2) is 7.26. The lowest BCUT2D eigenvalue weighted by Crippen LogP contribution is -2.22. The van der Waals surface area contributed by atoms with Crippen LogP contribution in [-0.4, -0.2) is 16.1 Å². The zero-order valence-corrected chi connectivity index (χ0v) is 17.3. The molecule has 2 aromatic rings. The van der Waals surface area contributed by atoms with Crippen LogP contribution in [0.1, 0.15) is 71.1 Å². The van der Waals surface area contributed by atoms with Gasteiger partial charge in [0.05, 0.1) is 5.92 Å². The highest BCUT2D eigenvalue weighted by atomic mass is 16.3. The highest BCUT2D eigenvalue weighted by Crippen LogP contribution is 2.41. The zero-order chi connectivity index (χ0) is 20.6. The monoisotopic (exact) mass is 369 g/mol. The zero-order valence-electron chi connectivity index (χ0n) is 17.3. The van der Waals surface area contributed by atoms with Crippen molar-refractivity contribution >= 4 is 11.6 Å². The van der Waals surface area contributed by atoms with E-state index in [0.717, 1.165) is 16.7 Å². The molecule has 0 saturated carbocycles. The van der Waals surface area contributed by atoms with Gasteiger partial charge in [-0.05, 0) is 58.7 Å². The van der Waals surface area contributed by atoms with Gasteiger partial charge in [0.1, 0.15) is 11.5 Å². The number of aromatic hydroxyl groups is 2. The van der Waals surface area contributed by atoms with Crippen molar-refractivity contribution < 1.29 is 15.0 Å². The molecule has 0 spiro atoms. The molecule has 27 heavy (non-hydrogen) atoms. The maximum atomic E-state index is 12.8. The van der Waals surface area contributed by atoms with Crippen LogP contribution >= 0.6 is 0 Å². The fraction of sp³-hybridized carbons (Fsp3) is 0.435. The smallest absolute Gasteiger partial charge is 0.231 e. The highest BCUT2D eigenvalue weighted by molar-refractivity contribution is 5.95. The van der Waals surface area contributed by atoms with Gasteiger partial charge in [-0.2, -0.15) is 0 Å². The van der Waals surface area contributed by atoms with Crippen LogP contribution in [0, 0.1) is 0 Å². The molecule has 0 aliphatic carbocycles. The van der Waals surface area contributed by atoms with Crippen molar-refractivity contribution in [1.29, 1.82) is 0 Å². The normalized spacial score (nSPS) is 13.3. The van der Waals surface area contributed by atoms with E-state index >= 15 is 0 Å². The summed E-state index contributed by atoms with van der Waals surface area (Å²) in [7, 11) is 0. The molecule has 0 aliphatic rings. The summed E-state index contributed by atoms with van der Waals surface area (Å²) in [6, 6.07) is 10.3. The second-order valence-corrected chi connectivity index (χ2v) is 9.22. The van der Waals surface area contributed by atoms with Gasteiger partial charge < -0.3 is 15.5 Å². The summed E-state index contributed by atoms with van der Waals surface area (Å²) < 4.78 is 0. The Morgan fingerprint density at radius 2 is 1.33 bits per heavy atom. The van der Waals surface area contributed by atoms with Crippen molar-refractivity contribution in [3.63, 3.8) is 0 Å². The lowest BCUT2D eigenvalue weighted by molar-refractivity contribution is -0.117. The molecule has 0 aromatic heterocycles. The number of amides is 1. The van der Waals surface area contributed by atoms with Crippen LogP contribution in [0.5, 0.6) is 11.5 Å². The van der Waals surface area contributed by atoms with E-state index in [-0.39, 0.29) is 28.4 Å². The molecule has 146 valence electrons. The number of carbonyl (C=O) groups is 1. The second-order valence-electron chi connectivity index (χ2n) is 9.22. The fourth-order valence-electron chi connectivity index (χ4n) is 3.00. The number of rotatable bonds is 3. The van der Waals surface area contributed by atoms with Gasteiger partial charge in [0.25, 0.3) is 0 Å². The van der Waals surface area contributed by atoms with Crippen LogP contribution in [-0.2, 0) is 15.6 Å². The molecule has 0 bridgehead atoms. The molecule has 2 rings (SSSR count). The summed E-state index contributed by atoms with van der Waals surface area (Å²) in [5.41, 5.74) is 2.71. The summed E-state index contributed by atoms with van der Waals surface area (Å²) in [5.74, 6) is -0.0539. The largest absolute Gasteiger partial charge is 0.508 e. The summed E-state index contributed by atoms with van der Waals surface area (Å²) >= 11 is 0. The summed E-state index contributed by atoms with van der Waals surface area (Å²) in [6.07, 6.45) is 0. The van der Waals surface area contributed by atoms with Crippen LogP contribution in [0.15, 0.2) is 36.4 Å². The Hall–Kier alpha value is -2.49. The first-order valence-electron chi connectivity index (χ1n) is 9.28. The lowest BCUT2D eigenvalue weighted by Gasteiger charge is -2.29. The number of anilines is 1. The van der Waals surface area contributed by atoms with Crippen LogP contribution < -0.4 is 5.32 Å². The van der Waals surface area contributed by atoms with Gasteiger partial charge in [0.15, 0.2) is 0 Å². The maximum Gasteiger partial charge on any atom is 0.231 e. The van der Waals surface area contributed by atoms with Gasteiger partial charge in [-0.15, -0.1) is 0 Å². The molecular formula is C23H31NO3. The van der Waals surface area contributed by atoms with Crippen molar-refractivity contribution in [3.05, 3.63) is 53.1 Å². The van der Waals surface area contributed by atoms with Gasteiger partial charge >= 0.3 is 0 Å². The van der Waals surface area contributed by atoms with E-state index in [1.54, 1.807) is 12.1 Å². The molecule has 0 fully saturated rings. The topological polar surface area (TPSA) is 69.6 Å². The number of nitrogens with one attached hydrogen (secondary N) is 1. The van der Waals surface area contributed by atoms with Crippen LogP contribution in [0.3, 0.4) is 0 Å². The SMILES string of the molecule is CC(C(=O)Nc1ccc(O)cc1)c1cc(C(C)(C)C)c(O)c(C(C)(C)C)c1. The van der Waals surface area contributed by atoms with Gasteiger partial charge in [0.2, 0.25) is 5.91 Å². The third-order valence-electron chi connectivity index (χ3n) is 4.78. The predicted octanol–water partition coefficient (Wildman–Crippen LogP) is 5.44. The summed E-state index contributed by atoms with van der Waals surface area (Å²) in [5, 5.41) is 23.1. The molecule has 0 heterocycles. The van der Waals surface area contributed by atoms with E-state index < -0.39 is 0 Å². The molecule has 4 nitrogen and oxygen atoms in total. The number of carbonyl (C=O) groups excluding carboxylic acids is 1. The van der Waals surface area contributed by atoms with E-state index in [9.17, 15) is 15.0 Å². The molecule has 0 aliphatic heterocycles. The first-order valence-corrected chi connectivity index (χ1v) is 9.28. The van der Waals surface area contributed by atoms with Crippen LogP contribution in [0.4, 0.5) is 5.69 Å². The standard InChI is InChI=1S/C23H31NO3/c1-14(21(27)24-16-8-10-17(25)11-9-16)15-12-18(22(2,3)4)20(26)19(13-15)23(5,6)7/h8-14,25-26H,1-7H3,(H,24,27). The summed E-state index contributed by atoms with van der Waals surface area (Å²) in [4.78, 5) is 12.8. The Morgan fingerprint density at radius 3 is 1.74 bits per heavy atom. The number of phenolic OH excluding ortho intramolecular Hbond substituents is 2. The van der Waals surface area contributed by atoms with Crippen LogP contribution in [0.2, 0.25) is 0 Å². The van der Waals surface area contributed by atoms with Crippen molar-refractivity contribution in [2.45, 2.75) is 65.2 Å². The minimum atomic E-state index is -0.387. The Morgan fingerprint density at radius 1 is 0.889 bits per heavy atom. The highest BCUT2D eigenvalue weighted by Gasteiger charge is 2.28. The van der Waals surface area contributed by atoms with Crippen LogP contribution in [0.25, 0.3) is 0 Å². The lowest BCUT2D eigenvalue weighted by atomic mass is 9.77. The quantitative estimate of drug-likeness (QED) is 0.631. The number of hydrogen-bond acceptors (Lipinski definition) is 3. The third-order valence-corrected chi connectivity index (χ3v) is 4.78. The number of hydrogen-bond donors (Lipinski definition) is 3. The first-order chi connectivity index (χ1) is 12.3. The van der Waals surface area contributed by atoms with Crippen molar-refractivity contribution in [1.82, 2.24) is 0 Å². The molecule has 3 N–H and O–H groups in total. The van der Waals surface area contributed by atoms with Gasteiger partial charge in [-0.1, -0.05) is 53.7 Å². The van der Waals surface area contributed by atoms with E-state index in [1.165, 1.54) is 12.1 Å². The van der Waals surface area contributed by atoms with Crippen molar-refractivity contribution in [2.24, 2.45) is 0 Å².